The lowest BCUT2D eigenvalue weighted by molar-refractivity contribution is -0.137. The summed E-state index contributed by atoms with van der Waals surface area (Å²) in [5, 5.41) is 14.0. The molecule has 4 aromatic rings. The van der Waals surface area contributed by atoms with E-state index in [9.17, 15) is 18.3 Å². The first kappa shape index (κ1) is 21.0. The second-order valence-electron chi connectivity index (χ2n) is 6.90. The number of nitrogens with zero attached hydrogens (tertiary/aromatic N) is 3. The van der Waals surface area contributed by atoms with Crippen molar-refractivity contribution < 1.29 is 18.3 Å². The van der Waals surface area contributed by atoms with E-state index < -0.39 is 11.7 Å². The van der Waals surface area contributed by atoms with Crippen LogP contribution in [0.2, 0.25) is 0 Å². The van der Waals surface area contributed by atoms with Crippen molar-refractivity contribution in [2.24, 2.45) is 10.9 Å². The second kappa shape index (κ2) is 8.50. The second-order valence-corrected chi connectivity index (χ2v) is 6.90. The quantitative estimate of drug-likeness (QED) is 0.261. The van der Waals surface area contributed by atoms with Gasteiger partial charge in [-0.15, -0.1) is 0 Å². The minimum absolute atomic E-state index is 0.0542. The fourth-order valence-electron chi connectivity index (χ4n) is 3.21. The Morgan fingerprint density at radius 2 is 1.34 bits per heavy atom. The van der Waals surface area contributed by atoms with Crippen LogP contribution in [0.3, 0.4) is 0 Å². The van der Waals surface area contributed by atoms with Crippen molar-refractivity contribution in [3.8, 4) is 28.3 Å². The number of benzene rings is 3. The van der Waals surface area contributed by atoms with Gasteiger partial charge in [-0.1, -0.05) is 54.6 Å². The number of alkyl halides is 3. The van der Waals surface area contributed by atoms with E-state index >= 15 is 0 Å². The lowest BCUT2D eigenvalue weighted by Gasteiger charge is -2.12. The summed E-state index contributed by atoms with van der Waals surface area (Å²) in [6.45, 7) is 0. The zero-order valence-electron chi connectivity index (χ0n) is 16.6. The van der Waals surface area contributed by atoms with Crippen LogP contribution in [0.5, 0.6) is 5.75 Å². The van der Waals surface area contributed by atoms with Crippen molar-refractivity contribution in [1.82, 2.24) is 9.97 Å². The average molecular weight is 434 g/mol. The zero-order chi connectivity index (χ0) is 22.7. The van der Waals surface area contributed by atoms with E-state index in [2.05, 4.69) is 15.1 Å². The summed E-state index contributed by atoms with van der Waals surface area (Å²) in [7, 11) is 0. The van der Waals surface area contributed by atoms with Crippen molar-refractivity contribution in [3.63, 3.8) is 0 Å². The minimum Gasteiger partial charge on any atom is -0.507 e. The topological polar surface area (TPSA) is 84.4 Å². The molecule has 8 heteroatoms. The smallest absolute Gasteiger partial charge is 0.416 e. The van der Waals surface area contributed by atoms with E-state index in [4.69, 9.17) is 5.84 Å². The van der Waals surface area contributed by atoms with Crippen LogP contribution in [0, 0.1) is 0 Å². The summed E-state index contributed by atoms with van der Waals surface area (Å²) in [6, 6.07) is 22.1. The van der Waals surface area contributed by atoms with Crippen molar-refractivity contribution in [2.75, 3.05) is 0 Å². The van der Waals surface area contributed by atoms with Gasteiger partial charge < -0.3 is 10.9 Å². The molecule has 5 nitrogen and oxygen atoms in total. The highest BCUT2D eigenvalue weighted by Gasteiger charge is 2.30. The van der Waals surface area contributed by atoms with Gasteiger partial charge in [-0.25, -0.2) is 9.97 Å². The third-order valence-corrected chi connectivity index (χ3v) is 4.80. The highest BCUT2D eigenvalue weighted by Crippen LogP contribution is 2.32. The molecule has 0 unspecified atom stereocenters. The molecular formula is C24H17F3N4O. The van der Waals surface area contributed by atoms with Crippen LogP contribution in [-0.2, 0) is 6.18 Å². The molecule has 0 aliphatic heterocycles. The van der Waals surface area contributed by atoms with Crippen LogP contribution in [0.15, 0.2) is 90.0 Å². The molecule has 0 saturated heterocycles. The molecule has 0 aliphatic rings. The number of phenolic OH excluding ortho intramolecular Hbond substituents is 1. The summed E-state index contributed by atoms with van der Waals surface area (Å²) in [5.41, 5.74) is 1.89. The molecule has 1 aromatic heterocycles. The van der Waals surface area contributed by atoms with E-state index in [1.54, 1.807) is 24.3 Å². The number of hydrogen-bond donors (Lipinski definition) is 2. The largest absolute Gasteiger partial charge is 0.507 e. The Labute approximate surface area is 181 Å². The number of para-hydroxylation sites is 1. The van der Waals surface area contributed by atoms with Gasteiger partial charge in [-0.05, 0) is 30.3 Å². The van der Waals surface area contributed by atoms with Crippen molar-refractivity contribution in [2.45, 2.75) is 6.18 Å². The number of aromatic hydroxyl groups is 1. The first-order chi connectivity index (χ1) is 15.4. The molecule has 0 bridgehead atoms. The van der Waals surface area contributed by atoms with Crippen LogP contribution in [0.1, 0.15) is 17.0 Å². The average Bonchev–Trinajstić information content (AvgIpc) is 2.81. The number of hydrazone groups is 1. The van der Waals surface area contributed by atoms with Gasteiger partial charge in [0.05, 0.1) is 17.0 Å². The molecule has 0 spiro atoms. The maximum absolute atomic E-state index is 13.0. The molecule has 0 atom stereocenters. The van der Waals surface area contributed by atoms with Crippen LogP contribution < -0.4 is 5.84 Å². The monoisotopic (exact) mass is 434 g/mol. The van der Waals surface area contributed by atoms with Gasteiger partial charge in [0.25, 0.3) is 0 Å². The Kier molecular flexibility index (Phi) is 5.59. The Morgan fingerprint density at radius 3 is 1.91 bits per heavy atom. The number of aromatic nitrogens is 2. The third-order valence-electron chi connectivity index (χ3n) is 4.80. The van der Waals surface area contributed by atoms with E-state index in [1.807, 2.05) is 30.3 Å². The Hall–Kier alpha value is -4.20. The minimum atomic E-state index is -4.44. The molecule has 32 heavy (non-hydrogen) atoms. The summed E-state index contributed by atoms with van der Waals surface area (Å²) < 4.78 is 38.9. The normalized spacial score (nSPS) is 12.0. The van der Waals surface area contributed by atoms with Crippen LogP contribution in [-0.4, -0.2) is 20.8 Å². The molecule has 3 N–H and O–H groups in total. The van der Waals surface area contributed by atoms with Gasteiger partial charge >= 0.3 is 6.18 Å². The molecule has 4 rings (SSSR count). The molecule has 0 amide bonds. The standard InChI is InChI=1S/C24H17F3N4O/c25-24(26,27)17-12-10-16(11-13-17)20-14-19(15-6-2-1-3-7-15)29-23(30-20)22(31-28)18-8-4-5-9-21(18)32/h1-14,32H,28H2/b31-22+. The number of rotatable bonds is 4. The Bertz CT molecular complexity index is 1270. The first-order valence-electron chi connectivity index (χ1n) is 9.55. The molecule has 0 saturated carbocycles. The van der Waals surface area contributed by atoms with Gasteiger partial charge in [-0.3, -0.25) is 0 Å². The Morgan fingerprint density at radius 1 is 0.781 bits per heavy atom. The van der Waals surface area contributed by atoms with E-state index in [-0.39, 0.29) is 17.3 Å². The van der Waals surface area contributed by atoms with E-state index in [0.717, 1.165) is 17.7 Å². The maximum Gasteiger partial charge on any atom is 0.416 e. The van der Waals surface area contributed by atoms with Crippen molar-refractivity contribution in [1.29, 1.82) is 0 Å². The van der Waals surface area contributed by atoms with Crippen molar-refractivity contribution >= 4 is 5.71 Å². The van der Waals surface area contributed by atoms with Gasteiger partial charge in [-0.2, -0.15) is 18.3 Å². The van der Waals surface area contributed by atoms with Gasteiger partial charge in [0, 0.05) is 16.7 Å². The lowest BCUT2D eigenvalue weighted by Crippen LogP contribution is -2.12. The summed E-state index contributed by atoms with van der Waals surface area (Å²) in [4.78, 5) is 9.06. The van der Waals surface area contributed by atoms with E-state index in [1.165, 1.54) is 18.2 Å². The molecule has 1 heterocycles. The molecule has 0 fully saturated rings. The fraction of sp³-hybridized carbons (Fsp3) is 0.0417. The van der Waals surface area contributed by atoms with Crippen LogP contribution >= 0.6 is 0 Å². The first-order valence-corrected chi connectivity index (χ1v) is 9.55. The van der Waals surface area contributed by atoms with Crippen LogP contribution in [0.25, 0.3) is 22.5 Å². The molecular weight excluding hydrogens is 417 g/mol. The highest BCUT2D eigenvalue weighted by atomic mass is 19.4. The predicted molar refractivity (Wildman–Crippen MR) is 116 cm³/mol. The molecule has 160 valence electrons. The number of phenols is 1. The fourth-order valence-corrected chi connectivity index (χ4v) is 3.21. The number of hydrogen-bond acceptors (Lipinski definition) is 5. The zero-order valence-corrected chi connectivity index (χ0v) is 16.6. The molecule has 0 aliphatic carbocycles. The van der Waals surface area contributed by atoms with Gasteiger partial charge in [0.1, 0.15) is 11.5 Å². The van der Waals surface area contributed by atoms with Crippen molar-refractivity contribution in [3.05, 3.63) is 102 Å². The Balaban J connectivity index is 1.88. The molecule has 0 radical (unpaired) electrons. The summed E-state index contributed by atoms with van der Waals surface area (Å²) in [5.74, 6) is 5.70. The van der Waals surface area contributed by atoms with Gasteiger partial charge in [0.2, 0.25) is 0 Å². The summed E-state index contributed by atoms with van der Waals surface area (Å²) >= 11 is 0. The number of nitrogens with two attached hydrogens (primary N) is 1. The SMILES string of the molecule is N/N=C(/c1nc(-c2ccccc2)cc(-c2ccc(C(F)(F)F)cc2)n1)c1ccccc1O. The van der Waals surface area contributed by atoms with E-state index in [0.29, 0.717) is 22.5 Å². The maximum atomic E-state index is 13.0. The molecule has 3 aromatic carbocycles. The number of halogens is 3. The third kappa shape index (κ3) is 4.29. The van der Waals surface area contributed by atoms with Crippen LogP contribution in [0.4, 0.5) is 13.2 Å². The summed E-state index contributed by atoms with van der Waals surface area (Å²) in [6.07, 6.45) is -4.44. The lowest BCUT2D eigenvalue weighted by atomic mass is 10.0. The van der Waals surface area contributed by atoms with Gasteiger partial charge in [0.15, 0.2) is 5.82 Å². The predicted octanol–water partition coefficient (Wildman–Crippen LogP) is 5.25. The highest BCUT2D eigenvalue weighted by molar-refractivity contribution is 6.12.